The third-order valence-electron chi connectivity index (χ3n) is 4.37. The Morgan fingerprint density at radius 3 is 2.95 bits per heavy atom. The first-order valence-corrected chi connectivity index (χ1v) is 8.69. The topological polar surface area (TPSA) is 23.6 Å². The molecule has 1 atom stereocenters. The summed E-state index contributed by atoms with van der Waals surface area (Å²) in [6, 6.07) is 5.01. The number of nitrogens with zero attached hydrogens (tertiary/aromatic N) is 2. The van der Waals surface area contributed by atoms with Gasteiger partial charge in [0.25, 0.3) is 0 Å². The Bertz CT molecular complexity index is 523. The maximum Gasteiger partial charge on any atom is 0.222 e. The number of hydrogen-bond acceptors (Lipinski definition) is 2. The molecular formula is C17H24BrFN2O. The van der Waals surface area contributed by atoms with Crippen molar-refractivity contribution in [2.45, 2.75) is 26.2 Å². The molecule has 0 unspecified atom stereocenters. The van der Waals surface area contributed by atoms with Crippen LogP contribution in [0.1, 0.15) is 25.3 Å². The monoisotopic (exact) mass is 370 g/mol. The second kappa shape index (κ2) is 8.06. The SMILES string of the molecule is CCN(C)C[C@H]1CCN(C(=O)CCc2ccc(Br)cc2F)C1. The predicted molar refractivity (Wildman–Crippen MR) is 90.3 cm³/mol. The van der Waals surface area contributed by atoms with E-state index in [1.807, 2.05) is 11.0 Å². The quantitative estimate of drug-likeness (QED) is 0.766. The van der Waals surface area contributed by atoms with Gasteiger partial charge in [-0.3, -0.25) is 4.79 Å². The summed E-state index contributed by atoms with van der Waals surface area (Å²) in [5.74, 6) is 0.466. The van der Waals surface area contributed by atoms with Crippen LogP contribution in [0.2, 0.25) is 0 Å². The average molecular weight is 371 g/mol. The highest BCUT2D eigenvalue weighted by Crippen LogP contribution is 2.20. The number of halogens is 2. The molecule has 1 saturated heterocycles. The van der Waals surface area contributed by atoms with E-state index >= 15 is 0 Å². The summed E-state index contributed by atoms with van der Waals surface area (Å²) in [4.78, 5) is 16.5. The number of benzene rings is 1. The lowest BCUT2D eigenvalue weighted by Crippen LogP contribution is -2.31. The highest BCUT2D eigenvalue weighted by atomic mass is 79.9. The smallest absolute Gasteiger partial charge is 0.222 e. The molecule has 0 radical (unpaired) electrons. The Morgan fingerprint density at radius 1 is 1.50 bits per heavy atom. The van der Waals surface area contributed by atoms with E-state index in [2.05, 4.69) is 34.8 Å². The largest absolute Gasteiger partial charge is 0.342 e. The standard InChI is InChI=1S/C17H24BrFN2O/c1-3-20(2)11-13-8-9-21(12-13)17(22)7-5-14-4-6-15(18)10-16(14)19/h4,6,10,13H,3,5,7-9,11-12H2,1-2H3/t13-/m1/s1. The lowest BCUT2D eigenvalue weighted by molar-refractivity contribution is -0.130. The summed E-state index contributed by atoms with van der Waals surface area (Å²) in [6.07, 6.45) is 1.92. The number of likely N-dealkylation sites (tertiary alicyclic amines) is 1. The molecule has 2 rings (SSSR count). The molecule has 5 heteroatoms. The number of hydrogen-bond donors (Lipinski definition) is 0. The number of carbonyl (C=O) groups is 1. The number of amides is 1. The number of rotatable bonds is 6. The summed E-state index contributed by atoms with van der Waals surface area (Å²) >= 11 is 3.24. The molecule has 0 N–H and O–H groups in total. The van der Waals surface area contributed by atoms with Crippen molar-refractivity contribution in [3.8, 4) is 0 Å². The van der Waals surface area contributed by atoms with Gasteiger partial charge in [0, 0.05) is 30.5 Å². The second-order valence-corrected chi connectivity index (χ2v) is 7.00. The Kier molecular flexibility index (Phi) is 6.38. The molecule has 3 nitrogen and oxygen atoms in total. The van der Waals surface area contributed by atoms with Crippen molar-refractivity contribution in [3.05, 3.63) is 34.1 Å². The first-order valence-electron chi connectivity index (χ1n) is 7.89. The van der Waals surface area contributed by atoms with E-state index in [1.54, 1.807) is 6.07 Å². The van der Waals surface area contributed by atoms with Crippen molar-refractivity contribution in [1.82, 2.24) is 9.80 Å². The van der Waals surface area contributed by atoms with Crippen LogP contribution >= 0.6 is 15.9 Å². The Labute approximate surface area is 140 Å². The van der Waals surface area contributed by atoms with E-state index in [0.717, 1.165) is 37.1 Å². The maximum atomic E-state index is 13.8. The van der Waals surface area contributed by atoms with Crippen LogP contribution in [0, 0.1) is 11.7 Å². The molecule has 0 bridgehead atoms. The Balaban J connectivity index is 1.81. The van der Waals surface area contributed by atoms with Gasteiger partial charge in [0.2, 0.25) is 5.91 Å². The Morgan fingerprint density at radius 2 is 2.27 bits per heavy atom. The van der Waals surface area contributed by atoms with Crippen molar-refractivity contribution in [3.63, 3.8) is 0 Å². The molecule has 0 saturated carbocycles. The minimum atomic E-state index is -0.244. The van der Waals surface area contributed by atoms with Gasteiger partial charge in [-0.25, -0.2) is 4.39 Å². The lowest BCUT2D eigenvalue weighted by atomic mass is 10.1. The third-order valence-corrected chi connectivity index (χ3v) is 4.86. The zero-order valence-corrected chi connectivity index (χ0v) is 14.9. The number of carbonyl (C=O) groups excluding carboxylic acids is 1. The summed E-state index contributed by atoms with van der Waals surface area (Å²) in [6.45, 7) is 5.90. The molecule has 0 aromatic heterocycles. The summed E-state index contributed by atoms with van der Waals surface area (Å²) in [5, 5.41) is 0. The molecule has 1 aromatic carbocycles. The zero-order chi connectivity index (χ0) is 16.1. The fraction of sp³-hybridized carbons (Fsp3) is 0.588. The van der Waals surface area contributed by atoms with E-state index in [4.69, 9.17) is 0 Å². The van der Waals surface area contributed by atoms with E-state index in [-0.39, 0.29) is 11.7 Å². The van der Waals surface area contributed by atoms with E-state index in [0.29, 0.717) is 24.3 Å². The Hall–Kier alpha value is -0.940. The van der Waals surface area contributed by atoms with Crippen molar-refractivity contribution >= 4 is 21.8 Å². The maximum absolute atomic E-state index is 13.8. The first-order chi connectivity index (χ1) is 10.5. The van der Waals surface area contributed by atoms with Crippen LogP contribution in [0.15, 0.2) is 22.7 Å². The van der Waals surface area contributed by atoms with Gasteiger partial charge in [0.1, 0.15) is 5.82 Å². The molecule has 1 heterocycles. The molecule has 122 valence electrons. The predicted octanol–water partition coefficient (Wildman–Crippen LogP) is 3.32. The van der Waals surface area contributed by atoms with Crippen LogP contribution in [0.5, 0.6) is 0 Å². The summed E-state index contributed by atoms with van der Waals surface area (Å²) < 4.78 is 14.5. The molecular weight excluding hydrogens is 347 g/mol. The minimum Gasteiger partial charge on any atom is -0.342 e. The van der Waals surface area contributed by atoms with Crippen LogP contribution in [0.4, 0.5) is 4.39 Å². The normalized spacial score (nSPS) is 18.2. The van der Waals surface area contributed by atoms with Gasteiger partial charge >= 0.3 is 0 Å². The molecule has 1 fully saturated rings. The van der Waals surface area contributed by atoms with Crippen molar-refractivity contribution in [2.24, 2.45) is 5.92 Å². The second-order valence-electron chi connectivity index (χ2n) is 6.09. The molecule has 1 aromatic rings. The fourth-order valence-corrected chi connectivity index (χ4v) is 3.24. The van der Waals surface area contributed by atoms with Crippen LogP contribution in [-0.2, 0) is 11.2 Å². The van der Waals surface area contributed by atoms with Crippen LogP contribution < -0.4 is 0 Å². The summed E-state index contributed by atoms with van der Waals surface area (Å²) in [7, 11) is 2.11. The molecule has 1 aliphatic heterocycles. The zero-order valence-electron chi connectivity index (χ0n) is 13.3. The minimum absolute atomic E-state index is 0.143. The van der Waals surface area contributed by atoms with Crippen LogP contribution in [-0.4, -0.2) is 48.9 Å². The molecule has 22 heavy (non-hydrogen) atoms. The van der Waals surface area contributed by atoms with E-state index in [1.165, 1.54) is 6.07 Å². The van der Waals surface area contributed by atoms with Gasteiger partial charge in [0.15, 0.2) is 0 Å². The van der Waals surface area contributed by atoms with Gasteiger partial charge in [-0.1, -0.05) is 28.9 Å². The van der Waals surface area contributed by atoms with Crippen LogP contribution in [0.3, 0.4) is 0 Å². The first kappa shape index (κ1) is 17.4. The van der Waals surface area contributed by atoms with Crippen LogP contribution in [0.25, 0.3) is 0 Å². The van der Waals surface area contributed by atoms with Gasteiger partial charge in [0.05, 0.1) is 0 Å². The third kappa shape index (κ3) is 4.78. The molecule has 1 aliphatic rings. The van der Waals surface area contributed by atoms with Crippen molar-refractivity contribution in [1.29, 1.82) is 0 Å². The van der Waals surface area contributed by atoms with Crippen molar-refractivity contribution in [2.75, 3.05) is 33.2 Å². The average Bonchev–Trinajstić information content (AvgIpc) is 2.94. The molecule has 1 amide bonds. The van der Waals surface area contributed by atoms with Gasteiger partial charge < -0.3 is 9.80 Å². The lowest BCUT2D eigenvalue weighted by Gasteiger charge is -2.20. The van der Waals surface area contributed by atoms with Gasteiger partial charge in [-0.15, -0.1) is 0 Å². The van der Waals surface area contributed by atoms with E-state index < -0.39 is 0 Å². The highest BCUT2D eigenvalue weighted by Gasteiger charge is 2.26. The van der Waals surface area contributed by atoms with Gasteiger partial charge in [-0.05, 0) is 50.0 Å². The fourth-order valence-electron chi connectivity index (χ4n) is 2.90. The highest BCUT2D eigenvalue weighted by molar-refractivity contribution is 9.10. The molecule has 0 spiro atoms. The number of aryl methyl sites for hydroxylation is 1. The molecule has 0 aliphatic carbocycles. The summed E-state index contributed by atoms with van der Waals surface area (Å²) in [5.41, 5.74) is 0.609. The van der Waals surface area contributed by atoms with Gasteiger partial charge in [-0.2, -0.15) is 0 Å². The van der Waals surface area contributed by atoms with E-state index in [9.17, 15) is 9.18 Å². The van der Waals surface area contributed by atoms with Crippen molar-refractivity contribution < 1.29 is 9.18 Å².